The lowest BCUT2D eigenvalue weighted by Gasteiger charge is -2.06. The van der Waals surface area contributed by atoms with Gasteiger partial charge in [0.15, 0.2) is 0 Å². The zero-order valence-corrected chi connectivity index (χ0v) is 11.5. The number of nitrogens with zero attached hydrogens (tertiary/aromatic N) is 2. The predicted octanol–water partition coefficient (Wildman–Crippen LogP) is 2.16. The van der Waals surface area contributed by atoms with Crippen molar-refractivity contribution in [3.8, 4) is 0 Å². The number of aromatic nitrogens is 1. The number of para-hydroxylation sites is 1. The molecule has 0 aliphatic carbocycles. The summed E-state index contributed by atoms with van der Waals surface area (Å²) in [6.07, 6.45) is 1.29. The van der Waals surface area contributed by atoms with Crippen LogP contribution in [0.4, 0.5) is 11.5 Å². The highest BCUT2D eigenvalue weighted by Gasteiger charge is 2.14. The van der Waals surface area contributed by atoms with Crippen molar-refractivity contribution in [2.75, 3.05) is 5.73 Å². The largest absolute Gasteiger partial charge is 0.382 e. The fourth-order valence-electron chi connectivity index (χ4n) is 1.69. The van der Waals surface area contributed by atoms with Crippen molar-refractivity contribution in [1.29, 1.82) is 0 Å². The lowest BCUT2D eigenvalue weighted by molar-refractivity contribution is -0.385. The quantitative estimate of drug-likeness (QED) is 0.664. The van der Waals surface area contributed by atoms with Crippen LogP contribution in [0.5, 0.6) is 0 Å². The number of hydrogen-bond donors (Lipinski definition) is 2. The van der Waals surface area contributed by atoms with Gasteiger partial charge in [-0.1, -0.05) is 29.8 Å². The lowest BCUT2D eigenvalue weighted by atomic mass is 10.1. The number of nitro groups is 1. The summed E-state index contributed by atoms with van der Waals surface area (Å²) >= 11 is 5.79. The maximum absolute atomic E-state index is 11.9. The number of benzene rings is 1. The number of pyridine rings is 1. The molecule has 108 valence electrons. The zero-order chi connectivity index (χ0) is 15.4. The number of nitrogens with one attached hydrogen (secondary N) is 1. The molecule has 0 atom stereocenters. The van der Waals surface area contributed by atoms with Crippen LogP contribution in [0.15, 0.2) is 36.5 Å². The molecule has 2 rings (SSSR count). The second-order valence-corrected chi connectivity index (χ2v) is 4.57. The summed E-state index contributed by atoms with van der Waals surface area (Å²) in [6, 6.07) is 7.57. The summed E-state index contributed by atoms with van der Waals surface area (Å²) in [5.41, 5.74) is 6.04. The number of nitrogen functional groups attached to an aromatic ring is 1. The van der Waals surface area contributed by atoms with E-state index in [1.165, 1.54) is 18.3 Å². The molecule has 0 fully saturated rings. The minimum absolute atomic E-state index is 0.0258. The van der Waals surface area contributed by atoms with Gasteiger partial charge >= 0.3 is 0 Å². The average Bonchev–Trinajstić information content (AvgIpc) is 2.47. The molecule has 0 spiro atoms. The summed E-state index contributed by atoms with van der Waals surface area (Å²) in [5.74, 6) is -0.311. The summed E-state index contributed by atoms with van der Waals surface area (Å²) in [4.78, 5) is 26.1. The number of hydrogen-bond acceptors (Lipinski definition) is 5. The van der Waals surface area contributed by atoms with Crippen LogP contribution in [0.25, 0.3) is 0 Å². The van der Waals surface area contributed by atoms with Gasteiger partial charge in [0.1, 0.15) is 5.82 Å². The van der Waals surface area contributed by atoms with Gasteiger partial charge in [0.2, 0.25) is 0 Å². The van der Waals surface area contributed by atoms with Crippen molar-refractivity contribution in [2.45, 2.75) is 6.54 Å². The molecule has 21 heavy (non-hydrogen) atoms. The van der Waals surface area contributed by atoms with Crippen LogP contribution >= 0.6 is 11.6 Å². The third kappa shape index (κ3) is 3.46. The maximum atomic E-state index is 11.9. The summed E-state index contributed by atoms with van der Waals surface area (Å²) < 4.78 is 0. The van der Waals surface area contributed by atoms with Gasteiger partial charge < -0.3 is 11.1 Å². The molecule has 8 heteroatoms. The molecular formula is C13H11ClN4O3. The van der Waals surface area contributed by atoms with E-state index in [0.717, 1.165) is 0 Å². The second kappa shape index (κ2) is 6.19. The first-order valence-corrected chi connectivity index (χ1v) is 6.28. The third-order valence-electron chi connectivity index (χ3n) is 2.76. The van der Waals surface area contributed by atoms with Gasteiger partial charge in [-0.15, -0.1) is 0 Å². The van der Waals surface area contributed by atoms with Gasteiger partial charge in [-0.25, -0.2) is 4.98 Å². The van der Waals surface area contributed by atoms with Gasteiger partial charge in [-0.3, -0.25) is 14.9 Å². The Bertz CT molecular complexity index is 706. The Balaban J connectivity index is 2.11. The number of carbonyl (C=O) groups is 1. The Morgan fingerprint density at radius 2 is 2.14 bits per heavy atom. The minimum Gasteiger partial charge on any atom is -0.382 e. The first-order valence-electron chi connectivity index (χ1n) is 5.90. The van der Waals surface area contributed by atoms with Crippen molar-refractivity contribution in [3.63, 3.8) is 0 Å². The van der Waals surface area contributed by atoms with E-state index in [1.807, 2.05) is 0 Å². The van der Waals surface area contributed by atoms with E-state index in [1.54, 1.807) is 18.2 Å². The lowest BCUT2D eigenvalue weighted by Crippen LogP contribution is -2.23. The topological polar surface area (TPSA) is 111 Å². The second-order valence-electron chi connectivity index (χ2n) is 4.16. The number of nitrogens with two attached hydrogens (primary N) is 1. The third-order valence-corrected chi connectivity index (χ3v) is 3.06. The molecule has 0 radical (unpaired) electrons. The van der Waals surface area contributed by atoms with Crippen molar-refractivity contribution in [1.82, 2.24) is 10.3 Å². The van der Waals surface area contributed by atoms with E-state index >= 15 is 0 Å². The number of amides is 1. The molecule has 0 bridgehead atoms. The first-order chi connectivity index (χ1) is 9.99. The molecule has 1 amide bonds. The molecule has 2 aromatic rings. The highest BCUT2D eigenvalue weighted by Crippen LogP contribution is 2.18. The number of rotatable bonds is 4. The molecule has 0 saturated carbocycles. The van der Waals surface area contributed by atoms with E-state index in [0.29, 0.717) is 5.56 Å². The fourth-order valence-corrected chi connectivity index (χ4v) is 1.85. The summed E-state index contributed by atoms with van der Waals surface area (Å²) in [6.45, 7) is 0.0258. The van der Waals surface area contributed by atoms with Crippen molar-refractivity contribution in [3.05, 3.63) is 62.8 Å². The van der Waals surface area contributed by atoms with Crippen molar-refractivity contribution in [2.24, 2.45) is 0 Å². The van der Waals surface area contributed by atoms with Crippen LogP contribution in [0.2, 0.25) is 5.02 Å². The van der Waals surface area contributed by atoms with Crippen LogP contribution < -0.4 is 11.1 Å². The Kier molecular flexibility index (Phi) is 4.34. The average molecular weight is 307 g/mol. The van der Waals surface area contributed by atoms with Crippen LogP contribution in [-0.2, 0) is 6.54 Å². The van der Waals surface area contributed by atoms with E-state index in [9.17, 15) is 14.9 Å². The van der Waals surface area contributed by atoms with Gasteiger partial charge in [-0.2, -0.15) is 0 Å². The smallest absolute Gasteiger partial charge is 0.274 e. The molecule has 7 nitrogen and oxygen atoms in total. The Morgan fingerprint density at radius 3 is 2.81 bits per heavy atom. The van der Waals surface area contributed by atoms with E-state index in [-0.39, 0.29) is 28.6 Å². The predicted molar refractivity (Wildman–Crippen MR) is 77.9 cm³/mol. The summed E-state index contributed by atoms with van der Waals surface area (Å²) in [5, 5.41) is 13.6. The molecule has 1 aromatic heterocycles. The molecule has 0 saturated heterocycles. The van der Waals surface area contributed by atoms with Crippen LogP contribution in [0, 0.1) is 10.1 Å². The van der Waals surface area contributed by atoms with Crippen LogP contribution in [0.1, 0.15) is 15.9 Å². The van der Waals surface area contributed by atoms with Gasteiger partial charge in [0.05, 0.1) is 15.5 Å². The fraction of sp³-hybridized carbons (Fsp3) is 0.0769. The van der Waals surface area contributed by atoms with Gasteiger partial charge in [0, 0.05) is 24.4 Å². The normalized spacial score (nSPS) is 10.1. The van der Waals surface area contributed by atoms with Gasteiger partial charge in [0.25, 0.3) is 11.6 Å². The zero-order valence-electron chi connectivity index (χ0n) is 10.7. The molecule has 1 heterocycles. The molecule has 0 unspecified atom stereocenters. The van der Waals surface area contributed by atoms with E-state index in [4.69, 9.17) is 17.3 Å². The van der Waals surface area contributed by atoms with Crippen molar-refractivity contribution < 1.29 is 9.72 Å². The first kappa shape index (κ1) is 14.7. The van der Waals surface area contributed by atoms with Crippen LogP contribution in [0.3, 0.4) is 0 Å². The molecular weight excluding hydrogens is 296 g/mol. The molecule has 3 N–H and O–H groups in total. The molecule has 1 aromatic carbocycles. The van der Waals surface area contributed by atoms with Gasteiger partial charge in [-0.05, 0) is 6.07 Å². The van der Waals surface area contributed by atoms with E-state index < -0.39 is 10.8 Å². The number of nitro benzene ring substituents is 1. The molecule has 0 aliphatic rings. The standard InChI is InChI=1S/C13H11ClN4O3/c14-10-5-9(7-16-12(10)15)13(19)17-6-8-3-1-2-4-11(8)18(20)21/h1-5,7H,6H2,(H2,15,16)(H,17,19). The number of anilines is 1. The SMILES string of the molecule is Nc1ncc(C(=O)NCc2ccccc2[N+](=O)[O-])cc1Cl. The van der Waals surface area contributed by atoms with Crippen LogP contribution in [-0.4, -0.2) is 15.8 Å². The Hall–Kier alpha value is -2.67. The summed E-state index contributed by atoms with van der Waals surface area (Å²) in [7, 11) is 0. The monoisotopic (exact) mass is 306 g/mol. The van der Waals surface area contributed by atoms with Crippen molar-refractivity contribution >= 4 is 29.0 Å². The number of carbonyl (C=O) groups excluding carboxylic acids is 1. The Morgan fingerprint density at radius 1 is 1.43 bits per heavy atom. The maximum Gasteiger partial charge on any atom is 0.274 e. The highest BCUT2D eigenvalue weighted by atomic mass is 35.5. The van der Waals surface area contributed by atoms with E-state index in [2.05, 4.69) is 10.3 Å². The number of halogens is 1. The highest BCUT2D eigenvalue weighted by molar-refractivity contribution is 6.33. The molecule has 0 aliphatic heterocycles. The minimum atomic E-state index is -0.497. The Labute approximate surface area is 124 Å².